The van der Waals surface area contributed by atoms with Crippen LogP contribution >= 0.6 is 0 Å². The molecule has 0 aliphatic rings. The van der Waals surface area contributed by atoms with Crippen molar-refractivity contribution >= 4 is 22.4 Å². The molecule has 86 valence electrons. The van der Waals surface area contributed by atoms with Gasteiger partial charge in [-0.3, -0.25) is 4.55 Å². The van der Waals surface area contributed by atoms with Crippen molar-refractivity contribution in [1.29, 1.82) is 0 Å². The Morgan fingerprint density at radius 2 is 2.06 bits per heavy atom. The molecule has 0 spiro atoms. The van der Waals surface area contributed by atoms with Crippen LogP contribution < -0.4 is 4.18 Å². The van der Waals surface area contributed by atoms with Gasteiger partial charge in [-0.25, -0.2) is 4.79 Å². The highest BCUT2D eigenvalue weighted by molar-refractivity contribution is 7.81. The van der Waals surface area contributed by atoms with Crippen molar-refractivity contribution in [1.82, 2.24) is 0 Å². The van der Waals surface area contributed by atoms with Crippen LogP contribution in [0.4, 0.5) is 0 Å². The number of hydrogen-bond donors (Lipinski definition) is 2. The Balaban J connectivity index is 3.42. The Morgan fingerprint density at radius 1 is 1.44 bits per heavy atom. The summed E-state index contributed by atoms with van der Waals surface area (Å²) in [5, 5.41) is 8.79. The van der Waals surface area contributed by atoms with Gasteiger partial charge in [-0.2, -0.15) is 8.42 Å². The molecule has 0 radical (unpaired) electrons. The van der Waals surface area contributed by atoms with Gasteiger partial charge in [-0.05, 0) is 6.07 Å². The average Bonchev–Trinajstić information content (AvgIpc) is 2.15. The van der Waals surface area contributed by atoms with E-state index in [4.69, 9.17) is 9.66 Å². The molecule has 0 aliphatic carbocycles. The zero-order valence-electron chi connectivity index (χ0n) is 7.95. The Kier molecular flexibility index (Phi) is 3.31. The molecule has 6 nitrogen and oxygen atoms in total. The van der Waals surface area contributed by atoms with Gasteiger partial charge in [0, 0.05) is 5.56 Å². The molecule has 16 heavy (non-hydrogen) atoms. The van der Waals surface area contributed by atoms with Gasteiger partial charge in [0.25, 0.3) is 0 Å². The minimum atomic E-state index is -4.78. The average molecular weight is 244 g/mol. The predicted molar refractivity (Wildman–Crippen MR) is 55.7 cm³/mol. The maximum Gasteiger partial charge on any atom is 0.446 e. The first-order valence-electron chi connectivity index (χ1n) is 4.01. The van der Waals surface area contributed by atoms with Gasteiger partial charge in [0.1, 0.15) is 5.56 Å². The fourth-order valence-corrected chi connectivity index (χ4v) is 1.48. The molecule has 0 aromatic heterocycles. The molecular weight excluding hydrogens is 236 g/mol. The molecule has 0 unspecified atom stereocenters. The van der Waals surface area contributed by atoms with Crippen molar-refractivity contribution in [3.05, 3.63) is 35.9 Å². The van der Waals surface area contributed by atoms with Crippen molar-refractivity contribution in [2.45, 2.75) is 0 Å². The summed E-state index contributed by atoms with van der Waals surface area (Å²) in [5.41, 5.74) is -0.229. The highest BCUT2D eigenvalue weighted by atomic mass is 32.3. The summed E-state index contributed by atoms with van der Waals surface area (Å²) in [7, 11) is -4.78. The van der Waals surface area contributed by atoms with Gasteiger partial charge < -0.3 is 9.29 Å². The third kappa shape index (κ3) is 2.81. The lowest BCUT2D eigenvalue weighted by Gasteiger charge is -2.08. The monoisotopic (exact) mass is 244 g/mol. The molecule has 0 saturated heterocycles. The van der Waals surface area contributed by atoms with E-state index in [1.807, 2.05) is 0 Å². The van der Waals surface area contributed by atoms with Gasteiger partial charge in [-0.15, -0.1) is 0 Å². The standard InChI is InChI=1S/C9H8O6S/c1-2-6-4-3-5-7(9(10)11)8(6)15-16(12,13)14/h2-5H,1H2,(H,10,11)(H,12,13,14). The van der Waals surface area contributed by atoms with E-state index in [0.717, 1.165) is 6.07 Å². The lowest BCUT2D eigenvalue weighted by atomic mass is 10.1. The van der Waals surface area contributed by atoms with Crippen LogP contribution in [-0.4, -0.2) is 24.0 Å². The third-order valence-corrected chi connectivity index (χ3v) is 2.06. The van der Waals surface area contributed by atoms with Crippen LogP contribution in [0, 0.1) is 0 Å². The minimum absolute atomic E-state index is 0.150. The van der Waals surface area contributed by atoms with Crippen molar-refractivity contribution in [2.75, 3.05) is 0 Å². The molecule has 1 aromatic carbocycles. The van der Waals surface area contributed by atoms with Crippen LogP contribution in [0.2, 0.25) is 0 Å². The first kappa shape index (κ1) is 12.2. The number of hydrogen-bond acceptors (Lipinski definition) is 4. The van der Waals surface area contributed by atoms with Gasteiger partial charge in [0.05, 0.1) is 0 Å². The van der Waals surface area contributed by atoms with Gasteiger partial charge in [0.2, 0.25) is 0 Å². The number of carboxylic acids is 1. The van der Waals surface area contributed by atoms with Crippen molar-refractivity contribution in [3.8, 4) is 5.75 Å². The quantitative estimate of drug-likeness (QED) is 0.772. The van der Waals surface area contributed by atoms with E-state index in [2.05, 4.69) is 10.8 Å². The highest BCUT2D eigenvalue weighted by Crippen LogP contribution is 2.26. The number of benzene rings is 1. The summed E-state index contributed by atoms with van der Waals surface area (Å²) in [6.45, 7) is 3.37. The second kappa shape index (κ2) is 4.33. The highest BCUT2D eigenvalue weighted by Gasteiger charge is 2.18. The van der Waals surface area contributed by atoms with Crippen molar-refractivity contribution in [2.24, 2.45) is 0 Å². The lowest BCUT2D eigenvalue weighted by Crippen LogP contribution is -2.11. The molecule has 1 rings (SSSR count). The summed E-state index contributed by atoms with van der Waals surface area (Å²) in [4.78, 5) is 10.8. The van der Waals surface area contributed by atoms with E-state index >= 15 is 0 Å². The van der Waals surface area contributed by atoms with E-state index < -0.39 is 22.1 Å². The summed E-state index contributed by atoms with van der Waals surface area (Å²) >= 11 is 0. The second-order valence-corrected chi connectivity index (χ2v) is 3.77. The lowest BCUT2D eigenvalue weighted by molar-refractivity contribution is 0.0695. The Bertz CT molecular complexity index is 531. The van der Waals surface area contributed by atoms with Crippen molar-refractivity contribution < 1.29 is 27.1 Å². The van der Waals surface area contributed by atoms with Crippen LogP contribution in [0.25, 0.3) is 6.08 Å². The molecule has 1 aromatic rings. The molecule has 0 bridgehead atoms. The normalized spacial score (nSPS) is 10.8. The van der Waals surface area contributed by atoms with Crippen LogP contribution in [0.3, 0.4) is 0 Å². The fourth-order valence-electron chi connectivity index (χ4n) is 1.08. The molecule has 2 N–H and O–H groups in total. The summed E-state index contributed by atoms with van der Waals surface area (Å²) in [6, 6.07) is 3.95. The number of carboxylic acid groups (broad SMARTS) is 1. The van der Waals surface area contributed by atoms with Gasteiger partial charge in [0.15, 0.2) is 5.75 Å². The number of carbonyl (C=O) groups is 1. The minimum Gasteiger partial charge on any atom is -0.478 e. The Labute approximate surface area is 91.7 Å². The van der Waals surface area contributed by atoms with Crippen LogP contribution in [0.15, 0.2) is 24.8 Å². The first-order valence-corrected chi connectivity index (χ1v) is 5.37. The topological polar surface area (TPSA) is 101 Å². The van der Waals surface area contributed by atoms with Crippen LogP contribution in [0.5, 0.6) is 5.75 Å². The summed E-state index contributed by atoms with van der Waals surface area (Å²) in [6.07, 6.45) is 1.22. The molecule has 7 heteroatoms. The molecular formula is C9H8O6S. The number of rotatable bonds is 4. The largest absolute Gasteiger partial charge is 0.478 e. The van der Waals surface area contributed by atoms with Crippen molar-refractivity contribution in [3.63, 3.8) is 0 Å². The van der Waals surface area contributed by atoms with Gasteiger partial charge in [-0.1, -0.05) is 24.8 Å². The molecule has 0 fully saturated rings. The molecule has 0 heterocycles. The molecule has 0 saturated carbocycles. The SMILES string of the molecule is C=Cc1cccc(C(=O)O)c1OS(=O)(=O)O. The van der Waals surface area contributed by atoms with E-state index in [-0.39, 0.29) is 11.1 Å². The molecule has 0 atom stereocenters. The zero-order chi connectivity index (χ0) is 12.3. The second-order valence-electron chi connectivity index (χ2n) is 2.74. The number of aromatic carboxylic acids is 1. The van der Waals surface area contributed by atoms with Crippen LogP contribution in [0.1, 0.15) is 15.9 Å². The smallest absolute Gasteiger partial charge is 0.446 e. The summed E-state index contributed by atoms with van der Waals surface area (Å²) in [5.74, 6) is -1.84. The fraction of sp³-hybridized carbons (Fsp3) is 0. The third-order valence-electron chi connectivity index (χ3n) is 1.68. The van der Waals surface area contributed by atoms with E-state index in [0.29, 0.717) is 0 Å². The number of para-hydroxylation sites is 1. The van der Waals surface area contributed by atoms with E-state index in [1.54, 1.807) is 0 Å². The Hall–Kier alpha value is -1.86. The Morgan fingerprint density at radius 3 is 2.50 bits per heavy atom. The van der Waals surface area contributed by atoms with Crippen LogP contribution in [-0.2, 0) is 10.4 Å². The summed E-state index contributed by atoms with van der Waals surface area (Å²) < 4.78 is 33.8. The molecule has 0 amide bonds. The zero-order valence-corrected chi connectivity index (χ0v) is 8.77. The predicted octanol–water partition coefficient (Wildman–Crippen LogP) is 1.21. The van der Waals surface area contributed by atoms with E-state index in [9.17, 15) is 13.2 Å². The molecule has 0 aliphatic heterocycles. The maximum atomic E-state index is 10.8. The van der Waals surface area contributed by atoms with E-state index in [1.165, 1.54) is 18.2 Å². The van der Waals surface area contributed by atoms with Gasteiger partial charge >= 0.3 is 16.4 Å². The first-order chi connectivity index (χ1) is 7.35. The maximum absolute atomic E-state index is 10.8.